The third kappa shape index (κ3) is 4.67. The van der Waals surface area contributed by atoms with Crippen molar-refractivity contribution in [2.45, 2.75) is 63.0 Å². The number of hydrogen-bond acceptors (Lipinski definition) is 6. The molecule has 0 bridgehead atoms. The van der Waals surface area contributed by atoms with Crippen molar-refractivity contribution in [2.24, 2.45) is 17.2 Å². The van der Waals surface area contributed by atoms with Crippen LogP contribution in [0.2, 0.25) is 0 Å². The van der Waals surface area contributed by atoms with E-state index in [9.17, 15) is 9.90 Å². The van der Waals surface area contributed by atoms with Crippen LogP contribution in [0, 0.1) is 5.41 Å². The van der Waals surface area contributed by atoms with Gasteiger partial charge in [-0.05, 0) is 53.6 Å². The van der Waals surface area contributed by atoms with Gasteiger partial charge in [0.15, 0.2) is 0 Å². The van der Waals surface area contributed by atoms with Gasteiger partial charge in [0.25, 0.3) is 0 Å². The van der Waals surface area contributed by atoms with Crippen LogP contribution in [0.1, 0.15) is 54.2 Å². The molecule has 1 saturated carbocycles. The number of amides is 1. The molecule has 5 rings (SSSR count). The van der Waals surface area contributed by atoms with Gasteiger partial charge in [-0.1, -0.05) is 48.5 Å². The second kappa shape index (κ2) is 9.89. The van der Waals surface area contributed by atoms with Gasteiger partial charge in [-0.25, -0.2) is 0 Å². The molecule has 9 N–H and O–H groups in total. The summed E-state index contributed by atoms with van der Waals surface area (Å²) in [6.45, 7) is 0.490. The summed E-state index contributed by atoms with van der Waals surface area (Å²) in [5.41, 5.74) is 22.0. The van der Waals surface area contributed by atoms with Crippen molar-refractivity contribution < 1.29 is 9.90 Å². The predicted molar refractivity (Wildman–Crippen MR) is 143 cm³/mol. The topological polar surface area (TPSA) is 154 Å². The summed E-state index contributed by atoms with van der Waals surface area (Å²) in [7, 11) is 0. The van der Waals surface area contributed by atoms with Gasteiger partial charge in [-0.15, -0.1) is 0 Å². The molecule has 1 aliphatic carbocycles. The maximum atomic E-state index is 13.6. The second-order valence-electron chi connectivity index (χ2n) is 10.0. The van der Waals surface area contributed by atoms with Crippen molar-refractivity contribution in [1.29, 1.82) is 5.41 Å². The first kappa shape index (κ1) is 24.2. The molecule has 2 atom stereocenters. The Labute approximate surface area is 211 Å². The quantitative estimate of drug-likeness (QED) is 0.179. The molecule has 3 aromatic rings. The molecule has 188 valence electrons. The zero-order valence-corrected chi connectivity index (χ0v) is 20.3. The van der Waals surface area contributed by atoms with Crippen LogP contribution < -0.4 is 27.4 Å². The fraction of sp³-hybridized carbons (Fsp3) is 0.357. The Morgan fingerprint density at radius 1 is 1.08 bits per heavy atom. The lowest BCUT2D eigenvalue weighted by Gasteiger charge is -2.31. The summed E-state index contributed by atoms with van der Waals surface area (Å²) in [6, 6.07) is 17.4. The van der Waals surface area contributed by atoms with E-state index in [2.05, 4.69) is 10.2 Å². The highest BCUT2D eigenvalue weighted by Gasteiger charge is 2.36. The summed E-state index contributed by atoms with van der Waals surface area (Å²) < 4.78 is 0. The van der Waals surface area contributed by atoms with Gasteiger partial charge < -0.3 is 32.5 Å². The van der Waals surface area contributed by atoms with Crippen LogP contribution in [-0.2, 0) is 17.8 Å². The minimum absolute atomic E-state index is 0.00377. The van der Waals surface area contributed by atoms with Crippen LogP contribution in [0.5, 0.6) is 0 Å². The molecule has 1 heterocycles. The van der Waals surface area contributed by atoms with E-state index in [-0.39, 0.29) is 29.9 Å². The lowest BCUT2D eigenvalue weighted by Crippen LogP contribution is -2.49. The number of rotatable bonds is 6. The van der Waals surface area contributed by atoms with Crippen molar-refractivity contribution in [1.82, 2.24) is 5.32 Å². The Hall–Kier alpha value is -3.46. The molecule has 8 nitrogen and oxygen atoms in total. The molecule has 2 unspecified atom stereocenters. The number of nitrogen functional groups attached to an aromatic ring is 1. The molecule has 8 heteroatoms. The van der Waals surface area contributed by atoms with E-state index in [0.29, 0.717) is 24.1 Å². The number of nitrogens with zero attached hydrogens (tertiary/aromatic N) is 1. The van der Waals surface area contributed by atoms with Crippen molar-refractivity contribution in [3.8, 4) is 0 Å². The highest BCUT2D eigenvalue weighted by atomic mass is 16.3. The zero-order chi connectivity index (χ0) is 25.4. The number of nitrogens with two attached hydrogens (primary N) is 3. The van der Waals surface area contributed by atoms with Gasteiger partial charge >= 0.3 is 0 Å². The average Bonchev–Trinajstić information content (AvgIpc) is 3.23. The molecule has 1 fully saturated rings. The summed E-state index contributed by atoms with van der Waals surface area (Å²) in [5, 5.41) is 23.1. The number of benzene rings is 3. The van der Waals surface area contributed by atoms with Gasteiger partial charge in [-0.2, -0.15) is 0 Å². The van der Waals surface area contributed by atoms with Crippen LogP contribution in [0.3, 0.4) is 0 Å². The minimum Gasteiger partial charge on any atom is -0.384 e. The molecule has 1 aliphatic heterocycles. The molecule has 36 heavy (non-hydrogen) atoms. The first-order valence-corrected chi connectivity index (χ1v) is 12.6. The molecular formula is C28H34N6O2. The molecule has 0 radical (unpaired) electrons. The van der Waals surface area contributed by atoms with Crippen molar-refractivity contribution in [2.75, 3.05) is 4.90 Å². The standard InChI is InChI=1S/C28H34N6O2/c29-19-8-10-20(11-9-19)33-28(36)25-13-16-5-6-17(26(30)31)14-24(16)34(25)15-18-7-12-23(27(32)35)22-4-2-1-3-21(18)22/h1-7,12,14,19-20,25,27,35H,8-11,13,15,29,32H2,(H3,30,31)(H,33,36). The molecular weight excluding hydrogens is 452 g/mol. The van der Waals surface area contributed by atoms with Crippen LogP contribution in [0.25, 0.3) is 10.8 Å². The first-order chi connectivity index (χ1) is 17.3. The fourth-order valence-corrected chi connectivity index (χ4v) is 5.61. The van der Waals surface area contributed by atoms with E-state index >= 15 is 0 Å². The Bertz CT molecular complexity index is 1300. The van der Waals surface area contributed by atoms with Crippen LogP contribution in [0.4, 0.5) is 5.69 Å². The van der Waals surface area contributed by atoms with Crippen LogP contribution >= 0.6 is 0 Å². The van der Waals surface area contributed by atoms with E-state index in [1.165, 1.54) is 0 Å². The summed E-state index contributed by atoms with van der Waals surface area (Å²) in [4.78, 5) is 15.7. The largest absolute Gasteiger partial charge is 0.384 e. The smallest absolute Gasteiger partial charge is 0.243 e. The fourth-order valence-electron chi connectivity index (χ4n) is 5.61. The molecule has 3 aromatic carbocycles. The van der Waals surface area contributed by atoms with Gasteiger partial charge in [-0.3, -0.25) is 10.2 Å². The Morgan fingerprint density at radius 3 is 2.50 bits per heavy atom. The SMILES string of the molecule is N=C(N)c1ccc2c(c1)N(Cc1ccc(C(N)O)c3ccccc13)C(C(=O)NC1CCC(N)CC1)C2. The number of nitrogens with one attached hydrogen (secondary N) is 2. The van der Waals surface area contributed by atoms with E-state index < -0.39 is 6.23 Å². The maximum absolute atomic E-state index is 13.6. The number of carbonyl (C=O) groups is 1. The summed E-state index contributed by atoms with van der Waals surface area (Å²) >= 11 is 0. The van der Waals surface area contributed by atoms with Crippen molar-refractivity contribution in [3.05, 3.63) is 76.9 Å². The van der Waals surface area contributed by atoms with Gasteiger partial charge in [0, 0.05) is 41.9 Å². The molecule has 2 aliphatic rings. The first-order valence-electron chi connectivity index (χ1n) is 12.6. The Morgan fingerprint density at radius 2 is 1.81 bits per heavy atom. The Balaban J connectivity index is 1.50. The number of aliphatic hydroxyl groups is 1. The monoisotopic (exact) mass is 486 g/mol. The Kier molecular flexibility index (Phi) is 6.66. The number of aliphatic hydroxyl groups excluding tert-OH is 1. The third-order valence-electron chi connectivity index (χ3n) is 7.62. The minimum atomic E-state index is -1.07. The zero-order valence-electron chi connectivity index (χ0n) is 20.3. The predicted octanol–water partition coefficient (Wildman–Crippen LogP) is 2.39. The van der Waals surface area contributed by atoms with Crippen LogP contribution in [-0.4, -0.2) is 35.0 Å². The third-order valence-corrected chi connectivity index (χ3v) is 7.62. The highest BCUT2D eigenvalue weighted by Crippen LogP contribution is 2.36. The normalized spacial score (nSPS) is 22.3. The van der Waals surface area contributed by atoms with Crippen molar-refractivity contribution >= 4 is 28.2 Å². The van der Waals surface area contributed by atoms with Crippen molar-refractivity contribution in [3.63, 3.8) is 0 Å². The van der Waals surface area contributed by atoms with E-state index in [4.69, 9.17) is 22.6 Å². The highest BCUT2D eigenvalue weighted by molar-refractivity contribution is 5.97. The number of hydrogen-bond donors (Lipinski definition) is 6. The van der Waals surface area contributed by atoms with E-state index in [1.807, 2.05) is 54.6 Å². The lowest BCUT2D eigenvalue weighted by atomic mass is 9.91. The lowest BCUT2D eigenvalue weighted by molar-refractivity contribution is -0.123. The molecule has 0 aromatic heterocycles. The van der Waals surface area contributed by atoms with E-state index in [1.54, 1.807) is 0 Å². The maximum Gasteiger partial charge on any atom is 0.243 e. The number of fused-ring (bicyclic) bond motifs is 2. The molecule has 0 saturated heterocycles. The summed E-state index contributed by atoms with van der Waals surface area (Å²) in [6.07, 6.45) is 3.16. The molecule has 1 amide bonds. The number of anilines is 1. The number of carbonyl (C=O) groups excluding carboxylic acids is 1. The van der Waals surface area contributed by atoms with Gasteiger partial charge in [0.1, 0.15) is 18.1 Å². The van der Waals surface area contributed by atoms with E-state index in [0.717, 1.165) is 53.3 Å². The van der Waals surface area contributed by atoms with Gasteiger partial charge in [0.2, 0.25) is 5.91 Å². The average molecular weight is 487 g/mol. The molecule has 0 spiro atoms. The number of amidine groups is 1. The van der Waals surface area contributed by atoms with Crippen LogP contribution in [0.15, 0.2) is 54.6 Å². The second-order valence-corrected chi connectivity index (χ2v) is 10.0. The summed E-state index contributed by atoms with van der Waals surface area (Å²) in [5.74, 6) is 0.00489. The van der Waals surface area contributed by atoms with Gasteiger partial charge in [0.05, 0.1) is 0 Å².